The topological polar surface area (TPSA) is 67.8 Å². The smallest absolute Gasteiger partial charge is 0.190 e. The van der Waals surface area contributed by atoms with E-state index >= 15 is 0 Å². The summed E-state index contributed by atoms with van der Waals surface area (Å²) in [4.78, 5) is 8.52. The van der Waals surface area contributed by atoms with Crippen molar-refractivity contribution in [3.63, 3.8) is 0 Å². The lowest BCUT2D eigenvalue weighted by Gasteiger charge is -2.12. The number of benzene rings is 1. The van der Waals surface area contributed by atoms with Crippen molar-refractivity contribution in [2.45, 2.75) is 12.8 Å². The van der Waals surface area contributed by atoms with Gasteiger partial charge in [0.25, 0.3) is 0 Å². The normalized spacial score (nSPS) is 10.6. The number of rotatable bonds is 9. The van der Waals surface area contributed by atoms with Crippen LogP contribution in [0.4, 0.5) is 0 Å². The van der Waals surface area contributed by atoms with Crippen LogP contribution in [-0.4, -0.2) is 44.8 Å². The van der Waals surface area contributed by atoms with Crippen LogP contribution in [-0.2, 0) is 6.42 Å². The molecule has 0 saturated carbocycles. The number of methoxy groups -OCH3 is 1. The highest BCUT2D eigenvalue weighted by Gasteiger charge is 1.99. The van der Waals surface area contributed by atoms with E-state index in [2.05, 4.69) is 20.6 Å². The second kappa shape index (κ2) is 13.2. The molecule has 6 nitrogen and oxygen atoms in total. The third-order valence-electron chi connectivity index (χ3n) is 3.55. The van der Waals surface area contributed by atoms with Crippen LogP contribution in [0.1, 0.15) is 12.1 Å². The minimum absolute atomic E-state index is 0. The molecule has 0 spiro atoms. The van der Waals surface area contributed by atoms with Gasteiger partial charge in [-0.3, -0.25) is 9.98 Å². The van der Waals surface area contributed by atoms with Gasteiger partial charge in [-0.2, -0.15) is 0 Å². The van der Waals surface area contributed by atoms with Crippen LogP contribution in [0.5, 0.6) is 11.5 Å². The molecule has 1 aromatic heterocycles. The summed E-state index contributed by atoms with van der Waals surface area (Å²) in [7, 11) is 3.42. The van der Waals surface area contributed by atoms with Gasteiger partial charge in [-0.25, -0.2) is 0 Å². The number of hydrogen-bond acceptors (Lipinski definition) is 4. The summed E-state index contributed by atoms with van der Waals surface area (Å²) in [6, 6.07) is 13.6. The van der Waals surface area contributed by atoms with Gasteiger partial charge in [-0.15, -0.1) is 24.0 Å². The van der Waals surface area contributed by atoms with E-state index < -0.39 is 0 Å². The number of nitrogens with zero attached hydrogens (tertiary/aromatic N) is 2. The molecule has 0 aliphatic rings. The van der Waals surface area contributed by atoms with Crippen LogP contribution in [0, 0.1) is 0 Å². The highest BCUT2D eigenvalue weighted by atomic mass is 127. The van der Waals surface area contributed by atoms with Crippen molar-refractivity contribution in [2.24, 2.45) is 4.99 Å². The van der Waals surface area contributed by atoms with Crippen molar-refractivity contribution < 1.29 is 9.47 Å². The van der Waals surface area contributed by atoms with Crippen LogP contribution in [0.25, 0.3) is 0 Å². The molecule has 0 bridgehead atoms. The van der Waals surface area contributed by atoms with Gasteiger partial charge in [0.2, 0.25) is 0 Å². The molecule has 0 fully saturated rings. The van der Waals surface area contributed by atoms with Crippen molar-refractivity contribution in [2.75, 3.05) is 33.9 Å². The molecule has 0 saturated heterocycles. The number of guanidine groups is 1. The van der Waals surface area contributed by atoms with Crippen LogP contribution >= 0.6 is 24.0 Å². The van der Waals surface area contributed by atoms with E-state index in [4.69, 9.17) is 9.47 Å². The van der Waals surface area contributed by atoms with E-state index in [0.29, 0.717) is 6.61 Å². The van der Waals surface area contributed by atoms with E-state index in [-0.39, 0.29) is 24.0 Å². The zero-order valence-corrected chi connectivity index (χ0v) is 17.6. The molecule has 0 atom stereocenters. The lowest BCUT2D eigenvalue weighted by atomic mass is 10.3. The minimum atomic E-state index is 0. The first-order valence-electron chi connectivity index (χ1n) is 8.43. The number of nitrogens with one attached hydrogen (secondary N) is 2. The first kappa shape index (κ1) is 22.0. The fourth-order valence-electron chi connectivity index (χ4n) is 2.24. The highest BCUT2D eigenvalue weighted by molar-refractivity contribution is 14.0. The molecular weight excluding hydrogens is 443 g/mol. The van der Waals surface area contributed by atoms with Gasteiger partial charge in [0.05, 0.1) is 13.7 Å². The van der Waals surface area contributed by atoms with Crippen LogP contribution in [0.15, 0.2) is 53.7 Å². The summed E-state index contributed by atoms with van der Waals surface area (Å²) in [5.74, 6) is 2.41. The lowest BCUT2D eigenvalue weighted by Crippen LogP contribution is -2.39. The Kier molecular flexibility index (Phi) is 11.2. The molecule has 2 aromatic rings. The number of ether oxygens (including phenoxy) is 2. The van der Waals surface area contributed by atoms with Gasteiger partial charge in [-0.05, 0) is 30.7 Å². The van der Waals surface area contributed by atoms with Crippen LogP contribution < -0.4 is 20.1 Å². The first-order valence-corrected chi connectivity index (χ1v) is 8.43. The molecule has 1 aromatic carbocycles. The second-order valence-electron chi connectivity index (χ2n) is 5.38. The van der Waals surface area contributed by atoms with Crippen LogP contribution in [0.2, 0.25) is 0 Å². The summed E-state index contributed by atoms with van der Waals surface area (Å²) in [5.41, 5.74) is 1.07. The maximum Gasteiger partial charge on any atom is 0.190 e. The zero-order chi connectivity index (χ0) is 17.7. The zero-order valence-electron chi connectivity index (χ0n) is 15.3. The van der Waals surface area contributed by atoms with E-state index in [1.54, 1.807) is 14.2 Å². The molecule has 0 amide bonds. The molecule has 0 aliphatic carbocycles. The van der Waals surface area contributed by atoms with E-state index in [0.717, 1.165) is 49.1 Å². The fraction of sp³-hybridized carbons (Fsp3) is 0.368. The van der Waals surface area contributed by atoms with Crippen molar-refractivity contribution in [3.05, 3.63) is 54.4 Å². The number of aromatic nitrogens is 1. The molecule has 1 heterocycles. The maximum absolute atomic E-state index is 5.71. The Morgan fingerprint density at radius 2 is 1.88 bits per heavy atom. The Labute approximate surface area is 172 Å². The minimum Gasteiger partial charge on any atom is -0.497 e. The average Bonchev–Trinajstić information content (AvgIpc) is 2.67. The fourth-order valence-corrected chi connectivity index (χ4v) is 2.24. The van der Waals surface area contributed by atoms with Crippen LogP contribution in [0.3, 0.4) is 0 Å². The van der Waals surface area contributed by atoms with Crippen molar-refractivity contribution in [1.29, 1.82) is 0 Å². The molecule has 7 heteroatoms. The van der Waals surface area contributed by atoms with Crippen molar-refractivity contribution in [3.8, 4) is 11.5 Å². The summed E-state index contributed by atoms with van der Waals surface area (Å²) in [6.07, 6.45) is 3.55. The first-order chi connectivity index (χ1) is 12.3. The Morgan fingerprint density at radius 1 is 1.08 bits per heavy atom. The molecule has 26 heavy (non-hydrogen) atoms. The second-order valence-corrected chi connectivity index (χ2v) is 5.38. The van der Waals surface area contributed by atoms with Gasteiger partial charge in [0.1, 0.15) is 11.5 Å². The Balaban J connectivity index is 0.00000338. The SMILES string of the molecule is CN=C(NCCCOc1cccc(OC)c1)NCCc1ccccn1.I. The standard InChI is InChI=1S/C19H26N4O2.HI/c1-20-19(23-13-10-16-7-3-4-11-21-16)22-12-6-14-25-18-9-5-8-17(15-18)24-2;/h3-5,7-9,11,15H,6,10,12-14H2,1-2H3,(H2,20,22,23);1H. The average molecular weight is 470 g/mol. The number of halogens is 1. The number of aliphatic imine (C=N–C) groups is 1. The molecule has 0 radical (unpaired) electrons. The van der Waals surface area contributed by atoms with E-state index in [1.807, 2.05) is 48.7 Å². The number of pyridine rings is 1. The Hall–Kier alpha value is -2.03. The Bertz CT molecular complexity index is 653. The van der Waals surface area contributed by atoms with Gasteiger partial charge in [0.15, 0.2) is 5.96 Å². The molecule has 142 valence electrons. The Morgan fingerprint density at radius 3 is 2.62 bits per heavy atom. The molecule has 2 N–H and O–H groups in total. The molecule has 2 rings (SSSR count). The monoisotopic (exact) mass is 470 g/mol. The third-order valence-corrected chi connectivity index (χ3v) is 3.55. The van der Waals surface area contributed by atoms with Crippen molar-refractivity contribution in [1.82, 2.24) is 15.6 Å². The molecule has 0 aliphatic heterocycles. The summed E-state index contributed by atoms with van der Waals surface area (Å²) in [5, 5.41) is 6.56. The predicted octanol–water partition coefficient (Wildman–Crippen LogP) is 2.88. The third kappa shape index (κ3) is 8.37. The maximum atomic E-state index is 5.71. The van der Waals surface area contributed by atoms with Gasteiger partial charge < -0.3 is 20.1 Å². The summed E-state index contributed by atoms with van der Waals surface area (Å²) in [6.45, 7) is 2.20. The van der Waals surface area contributed by atoms with Gasteiger partial charge in [-0.1, -0.05) is 12.1 Å². The highest BCUT2D eigenvalue weighted by Crippen LogP contribution is 2.18. The van der Waals surface area contributed by atoms with Gasteiger partial charge >= 0.3 is 0 Å². The predicted molar refractivity (Wildman–Crippen MR) is 116 cm³/mol. The molecule has 0 unspecified atom stereocenters. The summed E-state index contributed by atoms with van der Waals surface area (Å²) < 4.78 is 10.9. The van der Waals surface area contributed by atoms with E-state index in [9.17, 15) is 0 Å². The van der Waals surface area contributed by atoms with Gasteiger partial charge in [0, 0.05) is 44.5 Å². The quantitative estimate of drug-likeness (QED) is 0.256. The largest absolute Gasteiger partial charge is 0.497 e. The molecular formula is C19H27IN4O2. The lowest BCUT2D eigenvalue weighted by molar-refractivity contribution is 0.308. The van der Waals surface area contributed by atoms with E-state index in [1.165, 1.54) is 0 Å². The number of hydrogen-bond donors (Lipinski definition) is 2. The van der Waals surface area contributed by atoms with Crippen molar-refractivity contribution >= 4 is 29.9 Å². The summed E-state index contributed by atoms with van der Waals surface area (Å²) >= 11 is 0.